The lowest BCUT2D eigenvalue weighted by atomic mass is 9.95. The van der Waals surface area contributed by atoms with Crippen molar-refractivity contribution in [2.75, 3.05) is 31.5 Å². The number of nitrogens with one attached hydrogen (secondary N) is 2. The van der Waals surface area contributed by atoms with Crippen molar-refractivity contribution < 1.29 is 0 Å². The predicted molar refractivity (Wildman–Crippen MR) is 107 cm³/mol. The number of hydrogen-bond acceptors (Lipinski definition) is 3. The van der Waals surface area contributed by atoms with Gasteiger partial charge in [0.1, 0.15) is 0 Å². The molecule has 1 aliphatic heterocycles. The fourth-order valence-corrected chi connectivity index (χ4v) is 3.56. The maximum absolute atomic E-state index is 3.52. The first-order chi connectivity index (χ1) is 12.2. The van der Waals surface area contributed by atoms with Crippen molar-refractivity contribution in [2.24, 2.45) is 5.92 Å². The SMILES string of the molecule is CC(C)C[C@H](c1ccc(NCc2ccccc2)cc1)N1CCNCC1. The molecule has 1 fully saturated rings. The fraction of sp³-hybridized carbons (Fsp3) is 0.455. The van der Waals surface area contributed by atoms with Crippen molar-refractivity contribution in [3.63, 3.8) is 0 Å². The first-order valence-corrected chi connectivity index (χ1v) is 9.55. The molecule has 1 heterocycles. The molecule has 1 atom stereocenters. The second kappa shape index (κ2) is 9.02. The smallest absolute Gasteiger partial charge is 0.0400 e. The van der Waals surface area contributed by atoms with Crippen LogP contribution in [0.15, 0.2) is 54.6 Å². The van der Waals surface area contributed by atoms with E-state index < -0.39 is 0 Å². The molecule has 134 valence electrons. The van der Waals surface area contributed by atoms with Crippen LogP contribution < -0.4 is 10.6 Å². The van der Waals surface area contributed by atoms with E-state index in [9.17, 15) is 0 Å². The summed E-state index contributed by atoms with van der Waals surface area (Å²) in [7, 11) is 0. The van der Waals surface area contributed by atoms with Crippen LogP contribution in [0.5, 0.6) is 0 Å². The number of rotatable bonds is 7. The van der Waals surface area contributed by atoms with Crippen LogP contribution in [0.2, 0.25) is 0 Å². The van der Waals surface area contributed by atoms with Crippen LogP contribution in [0, 0.1) is 5.92 Å². The van der Waals surface area contributed by atoms with E-state index in [0.717, 1.165) is 32.7 Å². The van der Waals surface area contributed by atoms with Crippen LogP contribution in [0.4, 0.5) is 5.69 Å². The zero-order valence-corrected chi connectivity index (χ0v) is 15.5. The molecule has 0 saturated carbocycles. The Labute approximate surface area is 152 Å². The first-order valence-electron chi connectivity index (χ1n) is 9.55. The summed E-state index contributed by atoms with van der Waals surface area (Å²) in [4.78, 5) is 2.64. The Morgan fingerprint density at radius 3 is 2.28 bits per heavy atom. The molecular weight excluding hydrogens is 306 g/mol. The van der Waals surface area contributed by atoms with E-state index in [1.54, 1.807) is 0 Å². The normalized spacial score (nSPS) is 16.8. The topological polar surface area (TPSA) is 27.3 Å². The quantitative estimate of drug-likeness (QED) is 0.789. The summed E-state index contributed by atoms with van der Waals surface area (Å²) < 4.78 is 0. The van der Waals surface area contributed by atoms with Gasteiger partial charge in [-0.25, -0.2) is 0 Å². The summed E-state index contributed by atoms with van der Waals surface area (Å²) in [5.74, 6) is 0.704. The number of piperazine rings is 1. The van der Waals surface area contributed by atoms with Gasteiger partial charge >= 0.3 is 0 Å². The Morgan fingerprint density at radius 2 is 1.64 bits per heavy atom. The number of benzene rings is 2. The molecular formula is C22H31N3. The molecule has 0 bridgehead atoms. The second-order valence-electron chi connectivity index (χ2n) is 7.39. The number of nitrogens with zero attached hydrogens (tertiary/aromatic N) is 1. The second-order valence-corrected chi connectivity index (χ2v) is 7.39. The molecule has 2 aromatic rings. The lowest BCUT2D eigenvalue weighted by Crippen LogP contribution is -2.45. The third-order valence-electron chi connectivity index (χ3n) is 4.92. The largest absolute Gasteiger partial charge is 0.381 e. The van der Waals surface area contributed by atoms with Gasteiger partial charge in [-0.3, -0.25) is 4.90 Å². The maximum atomic E-state index is 3.52. The van der Waals surface area contributed by atoms with Crippen molar-refractivity contribution >= 4 is 5.69 Å². The number of hydrogen-bond donors (Lipinski definition) is 2. The predicted octanol–water partition coefficient (Wildman–Crippen LogP) is 4.29. The molecule has 0 spiro atoms. The van der Waals surface area contributed by atoms with E-state index in [2.05, 4.69) is 84.0 Å². The molecule has 0 radical (unpaired) electrons. The average molecular weight is 338 g/mol. The van der Waals surface area contributed by atoms with Gasteiger partial charge in [-0.1, -0.05) is 56.3 Å². The summed E-state index contributed by atoms with van der Waals surface area (Å²) in [5, 5.41) is 6.99. The molecule has 0 aromatic heterocycles. The third-order valence-corrected chi connectivity index (χ3v) is 4.92. The molecule has 3 rings (SSSR count). The summed E-state index contributed by atoms with van der Waals surface area (Å²) in [6.07, 6.45) is 1.22. The van der Waals surface area contributed by atoms with E-state index in [0.29, 0.717) is 12.0 Å². The molecule has 0 unspecified atom stereocenters. The van der Waals surface area contributed by atoms with Crippen LogP contribution in [0.1, 0.15) is 37.4 Å². The van der Waals surface area contributed by atoms with Crippen LogP contribution in [-0.2, 0) is 6.54 Å². The highest BCUT2D eigenvalue weighted by molar-refractivity contribution is 5.45. The van der Waals surface area contributed by atoms with Gasteiger partial charge in [0.25, 0.3) is 0 Å². The first kappa shape index (κ1) is 18.0. The van der Waals surface area contributed by atoms with E-state index >= 15 is 0 Å². The standard InChI is InChI=1S/C22H31N3/c1-18(2)16-22(25-14-12-23-13-15-25)20-8-10-21(11-9-20)24-17-19-6-4-3-5-7-19/h3-11,18,22-24H,12-17H2,1-2H3/t22-/m1/s1. The minimum atomic E-state index is 0.533. The zero-order valence-electron chi connectivity index (χ0n) is 15.5. The molecule has 0 aliphatic carbocycles. The van der Waals surface area contributed by atoms with Crippen LogP contribution >= 0.6 is 0 Å². The van der Waals surface area contributed by atoms with E-state index in [4.69, 9.17) is 0 Å². The highest BCUT2D eigenvalue weighted by atomic mass is 15.2. The summed E-state index contributed by atoms with van der Waals surface area (Å²) in [6.45, 7) is 10.0. The highest BCUT2D eigenvalue weighted by Gasteiger charge is 2.22. The zero-order chi connectivity index (χ0) is 17.5. The molecule has 1 aliphatic rings. The van der Waals surface area contributed by atoms with Gasteiger partial charge in [0, 0.05) is 44.5 Å². The Kier molecular flexibility index (Phi) is 6.48. The Morgan fingerprint density at radius 1 is 0.960 bits per heavy atom. The lowest BCUT2D eigenvalue weighted by Gasteiger charge is -2.36. The average Bonchev–Trinajstić information content (AvgIpc) is 2.66. The third kappa shape index (κ3) is 5.32. The molecule has 0 amide bonds. The van der Waals surface area contributed by atoms with Crippen molar-refractivity contribution in [2.45, 2.75) is 32.9 Å². The monoisotopic (exact) mass is 337 g/mol. The minimum Gasteiger partial charge on any atom is -0.381 e. The Hall–Kier alpha value is -1.84. The van der Waals surface area contributed by atoms with Gasteiger partial charge in [0.2, 0.25) is 0 Å². The minimum absolute atomic E-state index is 0.533. The van der Waals surface area contributed by atoms with Gasteiger partial charge in [0.15, 0.2) is 0 Å². The fourth-order valence-electron chi connectivity index (χ4n) is 3.56. The summed E-state index contributed by atoms with van der Waals surface area (Å²) in [6, 6.07) is 20.2. The Bertz CT molecular complexity index is 615. The van der Waals surface area contributed by atoms with Crippen LogP contribution in [0.3, 0.4) is 0 Å². The van der Waals surface area contributed by atoms with E-state index in [1.807, 2.05) is 0 Å². The van der Waals surface area contributed by atoms with E-state index in [1.165, 1.54) is 23.2 Å². The molecule has 3 nitrogen and oxygen atoms in total. The molecule has 2 N–H and O–H groups in total. The summed E-state index contributed by atoms with van der Waals surface area (Å²) in [5.41, 5.74) is 3.95. The Balaban J connectivity index is 1.65. The lowest BCUT2D eigenvalue weighted by molar-refractivity contribution is 0.154. The van der Waals surface area contributed by atoms with Crippen molar-refractivity contribution in [1.82, 2.24) is 10.2 Å². The van der Waals surface area contributed by atoms with Crippen molar-refractivity contribution in [3.05, 3.63) is 65.7 Å². The molecule has 25 heavy (non-hydrogen) atoms. The van der Waals surface area contributed by atoms with Crippen molar-refractivity contribution in [1.29, 1.82) is 0 Å². The highest BCUT2D eigenvalue weighted by Crippen LogP contribution is 2.29. The summed E-state index contributed by atoms with van der Waals surface area (Å²) >= 11 is 0. The van der Waals surface area contributed by atoms with Crippen LogP contribution in [-0.4, -0.2) is 31.1 Å². The van der Waals surface area contributed by atoms with Crippen LogP contribution in [0.25, 0.3) is 0 Å². The molecule has 2 aromatic carbocycles. The van der Waals surface area contributed by atoms with Gasteiger partial charge in [-0.2, -0.15) is 0 Å². The van der Waals surface area contributed by atoms with Crippen molar-refractivity contribution in [3.8, 4) is 0 Å². The molecule has 3 heteroatoms. The maximum Gasteiger partial charge on any atom is 0.0400 e. The van der Waals surface area contributed by atoms with E-state index in [-0.39, 0.29) is 0 Å². The van der Waals surface area contributed by atoms with Gasteiger partial charge < -0.3 is 10.6 Å². The van der Waals surface area contributed by atoms with Gasteiger partial charge in [-0.05, 0) is 35.6 Å². The van der Waals surface area contributed by atoms with Gasteiger partial charge in [0.05, 0.1) is 0 Å². The van der Waals surface area contributed by atoms with Gasteiger partial charge in [-0.15, -0.1) is 0 Å². The number of anilines is 1. The molecule has 1 saturated heterocycles.